The van der Waals surface area contributed by atoms with Crippen molar-refractivity contribution in [3.63, 3.8) is 0 Å². The maximum Gasteiger partial charge on any atom is 0.0488 e. The Morgan fingerprint density at radius 2 is 2.33 bits per heavy atom. The lowest BCUT2D eigenvalue weighted by Gasteiger charge is -2.08. The van der Waals surface area contributed by atoms with Crippen molar-refractivity contribution in [3.05, 3.63) is 0 Å². The van der Waals surface area contributed by atoms with Crippen molar-refractivity contribution in [1.29, 1.82) is 0 Å². The van der Waals surface area contributed by atoms with E-state index in [1.165, 1.54) is 12.8 Å². The molecule has 0 aliphatic heterocycles. The van der Waals surface area contributed by atoms with Gasteiger partial charge in [0, 0.05) is 25.6 Å². The van der Waals surface area contributed by atoms with Crippen LogP contribution in [-0.2, 0) is 4.74 Å². The zero-order valence-electron chi connectivity index (χ0n) is 7.68. The van der Waals surface area contributed by atoms with Crippen molar-refractivity contribution < 1.29 is 4.74 Å². The number of hydrogen-bond donors (Lipinski definition) is 1. The van der Waals surface area contributed by atoms with Crippen LogP contribution in [-0.4, -0.2) is 32.2 Å². The molecule has 1 aliphatic rings. The van der Waals surface area contributed by atoms with Gasteiger partial charge < -0.3 is 10.1 Å². The number of nitrogens with one attached hydrogen (secondary N) is 1. The van der Waals surface area contributed by atoms with Gasteiger partial charge in [0.25, 0.3) is 0 Å². The maximum absolute atomic E-state index is 6.10. The Hall–Kier alpha value is 0.210. The molecule has 0 amide bonds. The molecule has 2 nitrogen and oxygen atoms in total. The van der Waals surface area contributed by atoms with Crippen molar-refractivity contribution >= 4 is 11.6 Å². The summed E-state index contributed by atoms with van der Waals surface area (Å²) >= 11 is 6.10. The Bertz CT molecular complexity index is 117. The molecule has 72 valence electrons. The maximum atomic E-state index is 6.10. The van der Waals surface area contributed by atoms with E-state index in [0.717, 1.165) is 32.0 Å². The van der Waals surface area contributed by atoms with Gasteiger partial charge in [0.1, 0.15) is 0 Å². The minimum Gasteiger partial charge on any atom is -0.385 e. The summed E-state index contributed by atoms with van der Waals surface area (Å²) in [6.45, 7) is 2.81. The summed E-state index contributed by atoms with van der Waals surface area (Å²) in [6.07, 6.45) is 3.73. The number of hydrogen-bond acceptors (Lipinski definition) is 2. The highest BCUT2D eigenvalue weighted by Gasteiger charge is 2.28. The van der Waals surface area contributed by atoms with E-state index in [1.54, 1.807) is 7.11 Å². The van der Waals surface area contributed by atoms with Crippen molar-refractivity contribution in [2.75, 3.05) is 26.8 Å². The van der Waals surface area contributed by atoms with Crippen LogP contribution in [0.4, 0.5) is 0 Å². The molecule has 1 unspecified atom stereocenters. The molecule has 12 heavy (non-hydrogen) atoms. The van der Waals surface area contributed by atoms with Gasteiger partial charge in [-0.3, -0.25) is 0 Å². The van der Waals surface area contributed by atoms with Crippen LogP contribution in [0.25, 0.3) is 0 Å². The highest BCUT2D eigenvalue weighted by atomic mass is 35.5. The lowest BCUT2D eigenvalue weighted by Crippen LogP contribution is -2.26. The van der Waals surface area contributed by atoms with Crippen molar-refractivity contribution in [2.24, 2.45) is 5.92 Å². The smallest absolute Gasteiger partial charge is 0.0488 e. The number of halogens is 1. The highest BCUT2D eigenvalue weighted by molar-refractivity contribution is 6.21. The Kier molecular flexibility index (Phi) is 4.96. The highest BCUT2D eigenvalue weighted by Crippen LogP contribution is 2.35. The third-order valence-corrected chi connectivity index (χ3v) is 2.69. The van der Waals surface area contributed by atoms with Gasteiger partial charge in [-0.05, 0) is 31.7 Å². The van der Waals surface area contributed by atoms with Crippen molar-refractivity contribution in [2.45, 2.75) is 24.6 Å². The molecule has 1 rings (SSSR count). The van der Waals surface area contributed by atoms with Crippen LogP contribution in [0.5, 0.6) is 0 Å². The van der Waals surface area contributed by atoms with E-state index in [9.17, 15) is 0 Å². The second-order valence-corrected chi connectivity index (χ2v) is 3.96. The Morgan fingerprint density at radius 3 is 2.92 bits per heavy atom. The molecule has 0 saturated heterocycles. The summed E-state index contributed by atoms with van der Waals surface area (Å²) in [7, 11) is 1.73. The molecule has 0 spiro atoms. The van der Waals surface area contributed by atoms with Crippen LogP contribution in [0, 0.1) is 5.92 Å². The minimum absolute atomic E-state index is 0.354. The number of alkyl halides is 1. The molecule has 1 fully saturated rings. The fraction of sp³-hybridized carbons (Fsp3) is 1.00. The Balaban J connectivity index is 1.81. The van der Waals surface area contributed by atoms with Crippen LogP contribution in [0.1, 0.15) is 19.3 Å². The standard InChI is InChI=1S/C9H18ClNO/c1-12-6-2-5-11-7-9(10)8-3-4-8/h8-9,11H,2-7H2,1H3. The first-order valence-corrected chi connectivity index (χ1v) is 5.12. The summed E-state index contributed by atoms with van der Waals surface area (Å²) in [5.41, 5.74) is 0. The van der Waals surface area contributed by atoms with Crippen LogP contribution in [0.2, 0.25) is 0 Å². The third-order valence-electron chi connectivity index (χ3n) is 2.17. The van der Waals surface area contributed by atoms with E-state index < -0.39 is 0 Å². The Morgan fingerprint density at radius 1 is 1.58 bits per heavy atom. The normalized spacial score (nSPS) is 19.5. The second kappa shape index (κ2) is 5.79. The molecule has 0 aromatic heterocycles. The predicted molar refractivity (Wildman–Crippen MR) is 51.7 cm³/mol. The van der Waals surface area contributed by atoms with Gasteiger partial charge in [0.15, 0.2) is 0 Å². The molecule has 0 radical (unpaired) electrons. The zero-order valence-corrected chi connectivity index (χ0v) is 8.44. The summed E-state index contributed by atoms with van der Waals surface area (Å²) in [5, 5.41) is 3.68. The van der Waals surface area contributed by atoms with Gasteiger partial charge in [-0.15, -0.1) is 11.6 Å². The number of methoxy groups -OCH3 is 1. The van der Waals surface area contributed by atoms with Crippen molar-refractivity contribution in [3.8, 4) is 0 Å². The van der Waals surface area contributed by atoms with Crippen molar-refractivity contribution in [1.82, 2.24) is 5.32 Å². The second-order valence-electron chi connectivity index (χ2n) is 3.40. The topological polar surface area (TPSA) is 21.3 Å². The van der Waals surface area contributed by atoms with E-state index in [1.807, 2.05) is 0 Å². The molecule has 1 atom stereocenters. The quantitative estimate of drug-likeness (QED) is 0.488. The van der Waals surface area contributed by atoms with E-state index in [4.69, 9.17) is 16.3 Å². The van der Waals surface area contributed by atoms with E-state index in [0.29, 0.717) is 5.38 Å². The van der Waals surface area contributed by atoms with E-state index in [2.05, 4.69) is 5.32 Å². The molecule has 1 saturated carbocycles. The van der Waals surface area contributed by atoms with Crippen LogP contribution in [0.15, 0.2) is 0 Å². The first kappa shape index (κ1) is 10.3. The molecule has 3 heteroatoms. The fourth-order valence-electron chi connectivity index (χ4n) is 1.21. The average molecular weight is 192 g/mol. The summed E-state index contributed by atoms with van der Waals surface area (Å²) in [6, 6.07) is 0. The van der Waals surface area contributed by atoms with E-state index >= 15 is 0 Å². The lowest BCUT2D eigenvalue weighted by molar-refractivity contribution is 0.194. The monoisotopic (exact) mass is 191 g/mol. The zero-order chi connectivity index (χ0) is 8.81. The van der Waals surface area contributed by atoms with Gasteiger partial charge in [-0.2, -0.15) is 0 Å². The van der Waals surface area contributed by atoms with Gasteiger partial charge in [0.05, 0.1) is 0 Å². The summed E-state index contributed by atoms with van der Waals surface area (Å²) in [5.74, 6) is 0.793. The van der Waals surface area contributed by atoms with Gasteiger partial charge in [-0.25, -0.2) is 0 Å². The molecular formula is C9H18ClNO. The minimum atomic E-state index is 0.354. The fourth-order valence-corrected chi connectivity index (χ4v) is 1.57. The molecule has 1 aliphatic carbocycles. The number of rotatable bonds is 7. The predicted octanol–water partition coefficient (Wildman–Crippen LogP) is 1.63. The average Bonchev–Trinajstić information content (AvgIpc) is 2.86. The first-order valence-electron chi connectivity index (χ1n) is 4.68. The summed E-state index contributed by atoms with van der Waals surface area (Å²) in [4.78, 5) is 0. The molecule has 0 aromatic rings. The molecule has 0 bridgehead atoms. The largest absolute Gasteiger partial charge is 0.385 e. The number of ether oxygens (including phenoxy) is 1. The SMILES string of the molecule is COCCCNCC(Cl)C1CC1. The van der Waals surface area contributed by atoms with Gasteiger partial charge in [-0.1, -0.05) is 0 Å². The van der Waals surface area contributed by atoms with Gasteiger partial charge >= 0.3 is 0 Å². The molecule has 0 heterocycles. The van der Waals surface area contributed by atoms with Crippen LogP contribution >= 0.6 is 11.6 Å². The Labute approximate surface area is 79.6 Å². The first-order chi connectivity index (χ1) is 5.84. The molecular weight excluding hydrogens is 174 g/mol. The third kappa shape index (κ3) is 4.29. The molecule has 1 N–H and O–H groups in total. The lowest BCUT2D eigenvalue weighted by atomic mass is 10.3. The molecule has 0 aromatic carbocycles. The summed E-state index contributed by atoms with van der Waals surface area (Å²) < 4.78 is 4.94. The van der Waals surface area contributed by atoms with E-state index in [-0.39, 0.29) is 0 Å². The van der Waals surface area contributed by atoms with Gasteiger partial charge in [0.2, 0.25) is 0 Å². The van der Waals surface area contributed by atoms with Crippen LogP contribution in [0.3, 0.4) is 0 Å². The van der Waals surface area contributed by atoms with Crippen LogP contribution < -0.4 is 5.32 Å².